The molecule has 8 heteroatoms. The van der Waals surface area contributed by atoms with Crippen LogP contribution >= 0.6 is 0 Å². The van der Waals surface area contributed by atoms with Gasteiger partial charge in [-0.15, -0.1) is 0 Å². The standard InChI is InChI=1S/C25H23N3O5/c1-30-20-11-4-16(5-12-20)14-23(29)26-19-9-6-17(7-10-19)25-27-24(28-33-25)18-8-13-21(31-2)22(15-18)32-3/h4-13,15H,14H2,1-3H3,(H,26,29). The van der Waals surface area contributed by atoms with Gasteiger partial charge in [-0.2, -0.15) is 4.98 Å². The van der Waals surface area contributed by atoms with E-state index >= 15 is 0 Å². The van der Waals surface area contributed by atoms with Gasteiger partial charge in [0.1, 0.15) is 5.75 Å². The van der Waals surface area contributed by atoms with Crippen LogP contribution in [0.2, 0.25) is 0 Å². The van der Waals surface area contributed by atoms with Gasteiger partial charge in [0, 0.05) is 16.8 Å². The molecular formula is C25H23N3O5. The molecule has 0 aliphatic rings. The molecular weight excluding hydrogens is 422 g/mol. The fraction of sp³-hybridized carbons (Fsp3) is 0.160. The number of carbonyl (C=O) groups is 1. The fourth-order valence-electron chi connectivity index (χ4n) is 3.26. The Labute approximate surface area is 191 Å². The molecule has 0 saturated carbocycles. The summed E-state index contributed by atoms with van der Waals surface area (Å²) in [6.45, 7) is 0. The molecule has 0 radical (unpaired) electrons. The number of benzene rings is 3. The van der Waals surface area contributed by atoms with Crippen molar-refractivity contribution >= 4 is 11.6 Å². The van der Waals surface area contributed by atoms with E-state index < -0.39 is 0 Å². The van der Waals surface area contributed by atoms with Gasteiger partial charge in [0.25, 0.3) is 5.89 Å². The molecule has 1 heterocycles. The third-order valence-corrected chi connectivity index (χ3v) is 5.01. The minimum absolute atomic E-state index is 0.110. The van der Waals surface area contributed by atoms with Crippen molar-refractivity contribution in [2.24, 2.45) is 0 Å². The number of nitrogens with zero attached hydrogens (tertiary/aromatic N) is 2. The van der Waals surface area contributed by atoms with Crippen molar-refractivity contribution < 1.29 is 23.5 Å². The van der Waals surface area contributed by atoms with Gasteiger partial charge in [-0.25, -0.2) is 0 Å². The Morgan fingerprint density at radius 2 is 1.55 bits per heavy atom. The molecule has 1 N–H and O–H groups in total. The van der Waals surface area contributed by atoms with Crippen LogP contribution in [0.25, 0.3) is 22.8 Å². The molecule has 0 atom stereocenters. The van der Waals surface area contributed by atoms with Gasteiger partial charge in [-0.1, -0.05) is 17.3 Å². The average Bonchev–Trinajstić information content (AvgIpc) is 3.35. The largest absolute Gasteiger partial charge is 0.497 e. The third kappa shape index (κ3) is 5.12. The monoisotopic (exact) mass is 445 g/mol. The first kappa shape index (κ1) is 21.9. The van der Waals surface area contributed by atoms with E-state index in [9.17, 15) is 4.79 Å². The molecule has 0 aliphatic carbocycles. The van der Waals surface area contributed by atoms with Crippen molar-refractivity contribution in [3.8, 4) is 40.1 Å². The van der Waals surface area contributed by atoms with Gasteiger partial charge in [-0.3, -0.25) is 4.79 Å². The summed E-state index contributed by atoms with van der Waals surface area (Å²) < 4.78 is 21.1. The van der Waals surface area contributed by atoms with Crippen molar-refractivity contribution in [1.29, 1.82) is 0 Å². The molecule has 0 spiro atoms. The number of hydrogen-bond acceptors (Lipinski definition) is 7. The highest BCUT2D eigenvalue weighted by Crippen LogP contribution is 2.32. The SMILES string of the molecule is COc1ccc(CC(=O)Nc2ccc(-c3nc(-c4ccc(OC)c(OC)c4)no3)cc2)cc1. The Morgan fingerprint density at radius 1 is 0.848 bits per heavy atom. The summed E-state index contributed by atoms with van der Waals surface area (Å²) in [6.07, 6.45) is 0.268. The number of carbonyl (C=O) groups excluding carboxylic acids is 1. The second-order valence-corrected chi connectivity index (χ2v) is 7.14. The van der Waals surface area contributed by atoms with E-state index in [1.54, 1.807) is 45.6 Å². The van der Waals surface area contributed by atoms with Crippen molar-refractivity contribution in [3.63, 3.8) is 0 Å². The average molecular weight is 445 g/mol. The second kappa shape index (κ2) is 9.86. The lowest BCUT2D eigenvalue weighted by Gasteiger charge is -2.07. The van der Waals surface area contributed by atoms with Gasteiger partial charge in [0.2, 0.25) is 11.7 Å². The molecule has 1 aromatic heterocycles. The Balaban J connectivity index is 1.42. The Bertz CT molecular complexity index is 1230. The number of hydrogen-bond donors (Lipinski definition) is 1. The molecule has 0 unspecified atom stereocenters. The van der Waals surface area contributed by atoms with E-state index in [4.69, 9.17) is 18.7 Å². The molecule has 0 fully saturated rings. The van der Waals surface area contributed by atoms with Crippen LogP contribution in [0.4, 0.5) is 5.69 Å². The minimum atomic E-state index is -0.110. The van der Waals surface area contributed by atoms with Crippen LogP contribution in [0.5, 0.6) is 17.2 Å². The van der Waals surface area contributed by atoms with Gasteiger partial charge < -0.3 is 24.1 Å². The number of nitrogens with one attached hydrogen (secondary N) is 1. The molecule has 4 rings (SSSR count). The predicted octanol–water partition coefficient (Wildman–Crippen LogP) is 4.61. The van der Waals surface area contributed by atoms with Crippen molar-refractivity contribution in [3.05, 3.63) is 72.3 Å². The number of ether oxygens (including phenoxy) is 3. The number of aromatic nitrogens is 2. The van der Waals surface area contributed by atoms with E-state index in [1.807, 2.05) is 42.5 Å². The molecule has 0 bridgehead atoms. The second-order valence-electron chi connectivity index (χ2n) is 7.14. The number of anilines is 1. The van der Waals surface area contributed by atoms with Crippen LogP contribution in [0.3, 0.4) is 0 Å². The highest BCUT2D eigenvalue weighted by atomic mass is 16.5. The highest BCUT2D eigenvalue weighted by Gasteiger charge is 2.14. The van der Waals surface area contributed by atoms with Crippen molar-refractivity contribution in [2.75, 3.05) is 26.6 Å². The van der Waals surface area contributed by atoms with E-state index in [0.717, 1.165) is 22.4 Å². The third-order valence-electron chi connectivity index (χ3n) is 5.01. The van der Waals surface area contributed by atoms with E-state index in [-0.39, 0.29) is 12.3 Å². The summed E-state index contributed by atoms with van der Waals surface area (Å²) in [5.41, 5.74) is 3.06. The van der Waals surface area contributed by atoms with Crippen LogP contribution in [0, 0.1) is 0 Å². The number of amides is 1. The van der Waals surface area contributed by atoms with Crippen LogP contribution in [-0.2, 0) is 11.2 Å². The highest BCUT2D eigenvalue weighted by molar-refractivity contribution is 5.92. The minimum Gasteiger partial charge on any atom is -0.497 e. The zero-order valence-electron chi connectivity index (χ0n) is 18.5. The van der Waals surface area contributed by atoms with Crippen LogP contribution in [0.1, 0.15) is 5.56 Å². The van der Waals surface area contributed by atoms with Crippen LogP contribution in [0.15, 0.2) is 71.3 Å². The predicted molar refractivity (Wildman–Crippen MR) is 124 cm³/mol. The first-order valence-electron chi connectivity index (χ1n) is 10.2. The fourth-order valence-corrected chi connectivity index (χ4v) is 3.26. The quantitative estimate of drug-likeness (QED) is 0.423. The summed E-state index contributed by atoms with van der Waals surface area (Å²) in [6, 6.07) is 20.0. The van der Waals surface area contributed by atoms with Gasteiger partial charge in [-0.05, 0) is 60.2 Å². The van der Waals surface area contributed by atoms with E-state index in [0.29, 0.717) is 28.9 Å². The van der Waals surface area contributed by atoms with Crippen LogP contribution in [-0.4, -0.2) is 37.4 Å². The summed E-state index contributed by atoms with van der Waals surface area (Å²) in [5, 5.41) is 6.95. The lowest BCUT2D eigenvalue weighted by atomic mass is 10.1. The molecule has 1 amide bonds. The summed E-state index contributed by atoms with van der Waals surface area (Å²) >= 11 is 0. The molecule has 168 valence electrons. The van der Waals surface area contributed by atoms with Gasteiger partial charge in [0.15, 0.2) is 11.5 Å². The summed E-state index contributed by atoms with van der Waals surface area (Å²) in [5.74, 6) is 2.65. The lowest BCUT2D eigenvalue weighted by molar-refractivity contribution is -0.115. The molecule has 33 heavy (non-hydrogen) atoms. The van der Waals surface area contributed by atoms with Crippen LogP contribution < -0.4 is 19.5 Å². The van der Waals surface area contributed by atoms with E-state index in [2.05, 4.69) is 15.5 Å². The maximum absolute atomic E-state index is 12.3. The van der Waals surface area contributed by atoms with Crippen molar-refractivity contribution in [1.82, 2.24) is 10.1 Å². The topological polar surface area (TPSA) is 95.7 Å². The summed E-state index contributed by atoms with van der Waals surface area (Å²) in [4.78, 5) is 16.8. The summed E-state index contributed by atoms with van der Waals surface area (Å²) in [7, 11) is 4.76. The zero-order chi connectivity index (χ0) is 23.2. The lowest BCUT2D eigenvalue weighted by Crippen LogP contribution is -2.14. The Kier molecular flexibility index (Phi) is 6.54. The molecule has 3 aromatic carbocycles. The zero-order valence-corrected chi connectivity index (χ0v) is 18.5. The molecule has 0 aliphatic heterocycles. The van der Waals surface area contributed by atoms with Crippen molar-refractivity contribution in [2.45, 2.75) is 6.42 Å². The Morgan fingerprint density at radius 3 is 2.21 bits per heavy atom. The van der Waals surface area contributed by atoms with E-state index in [1.165, 1.54) is 0 Å². The maximum atomic E-state index is 12.3. The van der Waals surface area contributed by atoms with Gasteiger partial charge >= 0.3 is 0 Å². The number of methoxy groups -OCH3 is 3. The first-order valence-corrected chi connectivity index (χ1v) is 10.2. The Hall–Kier alpha value is -4.33. The normalized spacial score (nSPS) is 10.5. The molecule has 4 aromatic rings. The van der Waals surface area contributed by atoms with Gasteiger partial charge in [0.05, 0.1) is 27.8 Å². The number of rotatable bonds is 8. The molecule has 8 nitrogen and oxygen atoms in total. The maximum Gasteiger partial charge on any atom is 0.258 e. The molecule has 0 saturated heterocycles. The first-order chi connectivity index (χ1) is 16.1. The smallest absolute Gasteiger partial charge is 0.258 e.